The number of nitrogens with zero attached hydrogens (tertiary/aromatic N) is 3. The summed E-state index contributed by atoms with van der Waals surface area (Å²) in [5.74, 6) is 0.657. The van der Waals surface area contributed by atoms with Gasteiger partial charge in [0, 0.05) is 19.3 Å². The average molecular weight is 348 g/mol. The molecule has 2 heterocycles. The van der Waals surface area contributed by atoms with E-state index in [1.54, 1.807) is 36.5 Å². The van der Waals surface area contributed by atoms with Crippen molar-refractivity contribution < 1.29 is 9.53 Å². The number of halogens is 1. The normalized spacial score (nSPS) is 14.3. The van der Waals surface area contributed by atoms with E-state index in [0.29, 0.717) is 36.4 Å². The fraction of sp³-hybridized carbons (Fsp3) is 0.312. The van der Waals surface area contributed by atoms with Gasteiger partial charge in [-0.3, -0.25) is 0 Å². The smallest absolute Gasteiger partial charge is 0.319 e. The van der Waals surface area contributed by atoms with Crippen molar-refractivity contribution in [1.82, 2.24) is 15.3 Å². The molecule has 8 heteroatoms. The number of carbonyl (C=O) groups is 1. The van der Waals surface area contributed by atoms with Crippen molar-refractivity contribution in [3.63, 3.8) is 0 Å². The van der Waals surface area contributed by atoms with Crippen molar-refractivity contribution in [1.29, 1.82) is 0 Å². The predicted octanol–water partition coefficient (Wildman–Crippen LogP) is 2.29. The number of urea groups is 1. The first-order valence-electron chi connectivity index (χ1n) is 7.66. The second kappa shape index (κ2) is 7.94. The Balaban J connectivity index is 1.56. The van der Waals surface area contributed by atoms with Crippen LogP contribution in [-0.2, 0) is 11.3 Å². The fourth-order valence-electron chi connectivity index (χ4n) is 2.30. The summed E-state index contributed by atoms with van der Waals surface area (Å²) in [6.45, 7) is 3.18. The molecule has 1 saturated heterocycles. The number of anilines is 2. The number of para-hydroxylation sites is 1. The third-order valence-corrected chi connectivity index (χ3v) is 3.88. The monoisotopic (exact) mass is 347 g/mol. The van der Waals surface area contributed by atoms with Crippen LogP contribution in [0.2, 0.25) is 5.02 Å². The van der Waals surface area contributed by atoms with E-state index in [-0.39, 0.29) is 6.03 Å². The highest BCUT2D eigenvalue weighted by atomic mass is 35.5. The zero-order valence-corrected chi connectivity index (χ0v) is 13.8. The Bertz CT molecular complexity index is 706. The van der Waals surface area contributed by atoms with Gasteiger partial charge in [-0.25, -0.2) is 14.8 Å². The number of amides is 2. The third kappa shape index (κ3) is 4.33. The van der Waals surface area contributed by atoms with Crippen molar-refractivity contribution in [2.24, 2.45) is 0 Å². The lowest BCUT2D eigenvalue weighted by Gasteiger charge is -2.26. The van der Waals surface area contributed by atoms with Crippen molar-refractivity contribution in [2.75, 3.05) is 36.5 Å². The van der Waals surface area contributed by atoms with Crippen LogP contribution in [-0.4, -0.2) is 42.3 Å². The van der Waals surface area contributed by atoms with Gasteiger partial charge in [-0.15, -0.1) is 0 Å². The zero-order valence-electron chi connectivity index (χ0n) is 13.0. The molecule has 0 saturated carbocycles. The Morgan fingerprint density at radius 2 is 2.04 bits per heavy atom. The molecule has 1 aliphatic heterocycles. The molecule has 2 amide bonds. The number of benzene rings is 1. The van der Waals surface area contributed by atoms with E-state index in [0.717, 1.165) is 18.8 Å². The van der Waals surface area contributed by atoms with Gasteiger partial charge >= 0.3 is 6.03 Å². The molecule has 126 valence electrons. The van der Waals surface area contributed by atoms with Gasteiger partial charge in [0.1, 0.15) is 0 Å². The number of aromatic nitrogens is 2. The average Bonchev–Trinajstić information content (AvgIpc) is 2.63. The highest BCUT2D eigenvalue weighted by Crippen LogP contribution is 2.20. The lowest BCUT2D eigenvalue weighted by molar-refractivity contribution is 0.122. The summed E-state index contributed by atoms with van der Waals surface area (Å²) in [6.07, 6.45) is 1.70. The molecule has 7 nitrogen and oxygen atoms in total. The van der Waals surface area contributed by atoms with Gasteiger partial charge in [0.2, 0.25) is 5.95 Å². The molecule has 2 aromatic rings. The van der Waals surface area contributed by atoms with Crippen LogP contribution < -0.4 is 15.5 Å². The highest BCUT2D eigenvalue weighted by Gasteiger charge is 2.14. The van der Waals surface area contributed by atoms with E-state index in [1.807, 2.05) is 0 Å². The quantitative estimate of drug-likeness (QED) is 0.887. The van der Waals surface area contributed by atoms with Crippen LogP contribution in [0.1, 0.15) is 5.69 Å². The summed E-state index contributed by atoms with van der Waals surface area (Å²) in [4.78, 5) is 22.8. The Hall–Kier alpha value is -2.38. The minimum Gasteiger partial charge on any atom is -0.378 e. The number of ether oxygens (including phenoxy) is 1. The summed E-state index contributed by atoms with van der Waals surface area (Å²) in [6, 6.07) is 8.51. The molecule has 1 fully saturated rings. The molecule has 0 unspecified atom stereocenters. The summed E-state index contributed by atoms with van der Waals surface area (Å²) in [5.41, 5.74) is 1.30. The fourth-order valence-corrected chi connectivity index (χ4v) is 2.48. The summed E-state index contributed by atoms with van der Waals surface area (Å²) >= 11 is 6.01. The SMILES string of the molecule is O=C(NCc1ccnc(N2CCOCC2)n1)Nc1ccccc1Cl. The highest BCUT2D eigenvalue weighted by molar-refractivity contribution is 6.33. The second-order valence-corrected chi connectivity index (χ2v) is 5.64. The molecule has 0 bridgehead atoms. The Labute approximate surface area is 145 Å². The van der Waals surface area contributed by atoms with Crippen LogP contribution in [0, 0.1) is 0 Å². The van der Waals surface area contributed by atoms with Gasteiger partial charge in [0.05, 0.1) is 36.2 Å². The molecule has 1 aromatic heterocycles. The van der Waals surface area contributed by atoms with E-state index in [4.69, 9.17) is 16.3 Å². The maximum Gasteiger partial charge on any atom is 0.319 e. The van der Waals surface area contributed by atoms with Crippen molar-refractivity contribution in [2.45, 2.75) is 6.54 Å². The van der Waals surface area contributed by atoms with Crippen LogP contribution >= 0.6 is 11.6 Å². The summed E-state index contributed by atoms with van der Waals surface area (Å²) < 4.78 is 5.32. The van der Waals surface area contributed by atoms with Gasteiger partial charge < -0.3 is 20.3 Å². The molecule has 24 heavy (non-hydrogen) atoms. The summed E-state index contributed by atoms with van der Waals surface area (Å²) in [5, 5.41) is 5.96. The van der Waals surface area contributed by atoms with E-state index < -0.39 is 0 Å². The van der Waals surface area contributed by atoms with Gasteiger partial charge in [0.25, 0.3) is 0 Å². The molecule has 3 rings (SSSR count). The van der Waals surface area contributed by atoms with Crippen LogP contribution in [0.15, 0.2) is 36.5 Å². The van der Waals surface area contributed by atoms with Crippen molar-refractivity contribution in [3.05, 3.63) is 47.2 Å². The first kappa shape index (κ1) is 16.5. The van der Waals surface area contributed by atoms with E-state index in [1.165, 1.54) is 0 Å². The second-order valence-electron chi connectivity index (χ2n) is 5.23. The van der Waals surface area contributed by atoms with Crippen LogP contribution in [0.4, 0.5) is 16.4 Å². The maximum absolute atomic E-state index is 12.0. The first-order valence-corrected chi connectivity index (χ1v) is 8.04. The molecular formula is C16H18ClN5O2. The van der Waals surface area contributed by atoms with Gasteiger partial charge in [-0.1, -0.05) is 23.7 Å². The number of carbonyl (C=O) groups excluding carboxylic acids is 1. The van der Waals surface area contributed by atoms with Crippen molar-refractivity contribution >= 4 is 29.3 Å². The minimum atomic E-state index is -0.338. The molecule has 0 atom stereocenters. The van der Waals surface area contributed by atoms with Gasteiger partial charge in [0.15, 0.2) is 0 Å². The number of nitrogens with one attached hydrogen (secondary N) is 2. The standard InChI is InChI=1S/C16H18ClN5O2/c17-13-3-1-2-4-14(13)21-16(23)19-11-12-5-6-18-15(20-12)22-7-9-24-10-8-22/h1-6H,7-11H2,(H2,19,21,23). The minimum absolute atomic E-state index is 0.302. The van der Waals surface area contributed by atoms with E-state index in [9.17, 15) is 4.79 Å². The number of morpholine rings is 1. The lowest BCUT2D eigenvalue weighted by atomic mass is 10.3. The molecule has 1 aliphatic rings. The van der Waals surface area contributed by atoms with Gasteiger partial charge in [-0.05, 0) is 18.2 Å². The third-order valence-electron chi connectivity index (χ3n) is 3.55. The maximum atomic E-state index is 12.0. The lowest BCUT2D eigenvalue weighted by Crippen LogP contribution is -2.37. The topological polar surface area (TPSA) is 79.4 Å². The number of hydrogen-bond acceptors (Lipinski definition) is 5. The molecule has 2 N–H and O–H groups in total. The first-order chi connectivity index (χ1) is 11.7. The Kier molecular flexibility index (Phi) is 5.45. The number of hydrogen-bond donors (Lipinski definition) is 2. The van der Waals surface area contributed by atoms with Gasteiger partial charge in [-0.2, -0.15) is 0 Å². The number of rotatable bonds is 4. The Morgan fingerprint density at radius 1 is 1.25 bits per heavy atom. The van der Waals surface area contributed by atoms with E-state index in [2.05, 4.69) is 25.5 Å². The zero-order chi connectivity index (χ0) is 16.8. The molecule has 0 spiro atoms. The van der Waals surface area contributed by atoms with Crippen LogP contribution in [0.5, 0.6) is 0 Å². The molecular weight excluding hydrogens is 330 g/mol. The largest absolute Gasteiger partial charge is 0.378 e. The van der Waals surface area contributed by atoms with Crippen molar-refractivity contribution in [3.8, 4) is 0 Å². The van der Waals surface area contributed by atoms with Crippen LogP contribution in [0.3, 0.4) is 0 Å². The predicted molar refractivity (Wildman–Crippen MR) is 92.4 cm³/mol. The summed E-state index contributed by atoms with van der Waals surface area (Å²) in [7, 11) is 0. The Morgan fingerprint density at radius 3 is 2.83 bits per heavy atom. The van der Waals surface area contributed by atoms with E-state index >= 15 is 0 Å². The molecule has 1 aromatic carbocycles. The van der Waals surface area contributed by atoms with Crippen LogP contribution in [0.25, 0.3) is 0 Å². The molecule has 0 radical (unpaired) electrons. The molecule has 0 aliphatic carbocycles.